The molecule has 0 radical (unpaired) electrons. The van der Waals surface area contributed by atoms with Crippen LogP contribution < -0.4 is 0 Å². The van der Waals surface area contributed by atoms with Crippen LogP contribution >= 0.6 is 0 Å². The summed E-state index contributed by atoms with van der Waals surface area (Å²) in [4.78, 5) is 28.2. The lowest BCUT2D eigenvalue weighted by Crippen LogP contribution is -2.60. The molecule has 0 spiro atoms. The van der Waals surface area contributed by atoms with Gasteiger partial charge in [0.15, 0.2) is 11.6 Å². The van der Waals surface area contributed by atoms with Crippen LogP contribution in [0.15, 0.2) is 18.2 Å². The fourth-order valence-electron chi connectivity index (χ4n) is 3.32. The summed E-state index contributed by atoms with van der Waals surface area (Å²) in [5.74, 6) is -2.14. The van der Waals surface area contributed by atoms with Gasteiger partial charge in [-0.15, -0.1) is 0 Å². The topological polar surface area (TPSA) is 40.6 Å². The lowest BCUT2D eigenvalue weighted by Gasteiger charge is -2.41. The number of benzene rings is 1. The number of halogens is 2. The van der Waals surface area contributed by atoms with Crippen molar-refractivity contribution in [1.82, 2.24) is 9.80 Å². The molecule has 0 aliphatic carbocycles. The lowest BCUT2D eigenvalue weighted by atomic mass is 10.0. The van der Waals surface area contributed by atoms with Crippen LogP contribution in [-0.2, 0) is 16.0 Å². The monoisotopic (exact) mass is 308 g/mol. The van der Waals surface area contributed by atoms with E-state index < -0.39 is 17.7 Å². The van der Waals surface area contributed by atoms with E-state index in [1.165, 1.54) is 6.07 Å². The first-order valence-corrected chi connectivity index (χ1v) is 7.51. The van der Waals surface area contributed by atoms with Crippen LogP contribution in [0.5, 0.6) is 0 Å². The summed E-state index contributed by atoms with van der Waals surface area (Å²) < 4.78 is 26.2. The molecule has 2 aliphatic rings. The van der Waals surface area contributed by atoms with Gasteiger partial charge in [0, 0.05) is 19.1 Å². The zero-order chi connectivity index (χ0) is 15.9. The van der Waals surface area contributed by atoms with Crippen LogP contribution in [0.25, 0.3) is 0 Å². The zero-order valence-corrected chi connectivity index (χ0v) is 12.4. The third kappa shape index (κ3) is 2.58. The van der Waals surface area contributed by atoms with E-state index in [1.54, 1.807) is 11.8 Å². The molecule has 0 unspecified atom stereocenters. The molecule has 1 aromatic rings. The lowest BCUT2D eigenvalue weighted by molar-refractivity contribution is -0.152. The van der Waals surface area contributed by atoms with Crippen molar-refractivity contribution in [3.05, 3.63) is 35.4 Å². The number of hydrogen-bond acceptors (Lipinski definition) is 2. The van der Waals surface area contributed by atoms with Crippen LogP contribution in [0.4, 0.5) is 8.78 Å². The van der Waals surface area contributed by atoms with E-state index in [0.29, 0.717) is 12.1 Å². The molecule has 2 amide bonds. The number of rotatable bonds is 2. The van der Waals surface area contributed by atoms with Crippen molar-refractivity contribution >= 4 is 11.8 Å². The van der Waals surface area contributed by atoms with Crippen molar-refractivity contribution in [3.8, 4) is 0 Å². The van der Waals surface area contributed by atoms with Gasteiger partial charge in [-0.25, -0.2) is 8.78 Å². The minimum absolute atomic E-state index is 0.0209. The maximum Gasteiger partial charge on any atom is 0.245 e. The van der Waals surface area contributed by atoms with Crippen molar-refractivity contribution in [2.75, 3.05) is 13.1 Å². The van der Waals surface area contributed by atoms with Gasteiger partial charge in [0.1, 0.15) is 6.04 Å². The van der Waals surface area contributed by atoms with Crippen LogP contribution in [0.3, 0.4) is 0 Å². The molecule has 2 atom stereocenters. The standard InChI is InChI=1S/C16H18F2N2O2/c1-10-16(22)19-6-2-3-12(19)9-20(10)15(21)8-11-4-5-13(17)14(18)7-11/h4-5,7,10,12H,2-3,6,8-9H2,1H3/t10-,12+/m0/s1. The molecule has 0 N–H and O–H groups in total. The Morgan fingerprint density at radius 2 is 2.09 bits per heavy atom. The Balaban J connectivity index is 1.73. The third-order valence-electron chi connectivity index (χ3n) is 4.55. The van der Waals surface area contributed by atoms with Gasteiger partial charge in [-0.05, 0) is 37.5 Å². The quantitative estimate of drug-likeness (QED) is 0.835. The van der Waals surface area contributed by atoms with E-state index in [2.05, 4.69) is 0 Å². The fraction of sp³-hybridized carbons (Fsp3) is 0.500. The molecule has 2 aliphatic heterocycles. The second kappa shape index (κ2) is 5.66. The van der Waals surface area contributed by atoms with Crippen molar-refractivity contribution in [2.24, 2.45) is 0 Å². The number of nitrogens with zero attached hydrogens (tertiary/aromatic N) is 2. The molecule has 2 heterocycles. The molecule has 118 valence electrons. The minimum atomic E-state index is -0.963. The number of fused-ring (bicyclic) bond motifs is 1. The average molecular weight is 308 g/mol. The summed E-state index contributed by atoms with van der Waals surface area (Å²) in [6.45, 7) is 3.01. The Kier molecular flexibility index (Phi) is 3.85. The van der Waals surface area contributed by atoms with Gasteiger partial charge < -0.3 is 9.80 Å². The van der Waals surface area contributed by atoms with Crippen molar-refractivity contribution < 1.29 is 18.4 Å². The highest BCUT2D eigenvalue weighted by atomic mass is 19.2. The molecule has 0 bridgehead atoms. The maximum absolute atomic E-state index is 13.2. The average Bonchev–Trinajstić information content (AvgIpc) is 2.95. The summed E-state index contributed by atoms with van der Waals surface area (Å²) in [6, 6.07) is 3.05. The first-order chi connectivity index (χ1) is 10.5. The van der Waals surface area contributed by atoms with Gasteiger partial charge in [0.2, 0.25) is 11.8 Å². The minimum Gasteiger partial charge on any atom is -0.336 e. The van der Waals surface area contributed by atoms with Gasteiger partial charge in [-0.2, -0.15) is 0 Å². The van der Waals surface area contributed by atoms with E-state index in [9.17, 15) is 18.4 Å². The first kappa shape index (κ1) is 14.9. The van der Waals surface area contributed by atoms with Crippen LogP contribution in [-0.4, -0.2) is 46.8 Å². The molecule has 1 aromatic carbocycles. The van der Waals surface area contributed by atoms with Crippen molar-refractivity contribution in [3.63, 3.8) is 0 Å². The highest BCUT2D eigenvalue weighted by molar-refractivity contribution is 5.89. The van der Waals surface area contributed by atoms with E-state index >= 15 is 0 Å². The second-order valence-electron chi connectivity index (χ2n) is 5.97. The normalized spacial score (nSPS) is 24.6. The smallest absolute Gasteiger partial charge is 0.245 e. The van der Waals surface area contributed by atoms with Gasteiger partial charge in [-0.3, -0.25) is 9.59 Å². The summed E-state index contributed by atoms with van der Waals surface area (Å²) in [5, 5.41) is 0. The number of piperazine rings is 1. The van der Waals surface area contributed by atoms with E-state index in [0.717, 1.165) is 31.5 Å². The largest absolute Gasteiger partial charge is 0.336 e. The fourth-order valence-corrected chi connectivity index (χ4v) is 3.32. The van der Waals surface area contributed by atoms with Gasteiger partial charge in [0.25, 0.3) is 0 Å². The van der Waals surface area contributed by atoms with E-state index in [-0.39, 0.29) is 24.3 Å². The molecule has 4 nitrogen and oxygen atoms in total. The Morgan fingerprint density at radius 3 is 2.82 bits per heavy atom. The Morgan fingerprint density at radius 1 is 1.32 bits per heavy atom. The van der Waals surface area contributed by atoms with Crippen molar-refractivity contribution in [2.45, 2.75) is 38.3 Å². The van der Waals surface area contributed by atoms with E-state index in [1.807, 2.05) is 4.90 Å². The van der Waals surface area contributed by atoms with Crippen LogP contribution in [0.1, 0.15) is 25.3 Å². The molecule has 3 rings (SSSR count). The Hall–Kier alpha value is -1.98. The zero-order valence-electron chi connectivity index (χ0n) is 12.4. The second-order valence-corrected chi connectivity index (χ2v) is 5.97. The number of hydrogen-bond donors (Lipinski definition) is 0. The number of amides is 2. The highest BCUT2D eigenvalue weighted by Crippen LogP contribution is 2.26. The van der Waals surface area contributed by atoms with Gasteiger partial charge >= 0.3 is 0 Å². The molecular weight excluding hydrogens is 290 g/mol. The summed E-state index contributed by atoms with van der Waals surface area (Å²) >= 11 is 0. The summed E-state index contributed by atoms with van der Waals surface area (Å²) in [5.41, 5.74) is 0.414. The SMILES string of the molecule is C[C@H]1C(=O)N2CCC[C@@H]2CN1C(=O)Cc1ccc(F)c(F)c1. The molecule has 2 fully saturated rings. The molecular formula is C16H18F2N2O2. The number of carbonyl (C=O) groups excluding carboxylic acids is 2. The molecule has 0 saturated carbocycles. The predicted molar refractivity (Wildman–Crippen MR) is 76.0 cm³/mol. The van der Waals surface area contributed by atoms with E-state index in [4.69, 9.17) is 0 Å². The highest BCUT2D eigenvalue weighted by Gasteiger charge is 2.41. The van der Waals surface area contributed by atoms with Crippen LogP contribution in [0, 0.1) is 11.6 Å². The maximum atomic E-state index is 13.2. The molecule has 6 heteroatoms. The summed E-state index contributed by atoms with van der Waals surface area (Å²) in [6.07, 6.45) is 1.85. The third-order valence-corrected chi connectivity index (χ3v) is 4.55. The van der Waals surface area contributed by atoms with Gasteiger partial charge in [0.05, 0.1) is 6.42 Å². The predicted octanol–water partition coefficient (Wildman–Crippen LogP) is 1.73. The Labute approximate surface area is 127 Å². The molecule has 2 saturated heterocycles. The Bertz CT molecular complexity index is 620. The first-order valence-electron chi connectivity index (χ1n) is 7.51. The molecule has 0 aromatic heterocycles. The number of carbonyl (C=O) groups is 2. The van der Waals surface area contributed by atoms with Crippen molar-refractivity contribution in [1.29, 1.82) is 0 Å². The summed E-state index contributed by atoms with van der Waals surface area (Å²) in [7, 11) is 0. The van der Waals surface area contributed by atoms with Gasteiger partial charge in [-0.1, -0.05) is 6.07 Å². The molecule has 22 heavy (non-hydrogen) atoms. The van der Waals surface area contributed by atoms with Crippen LogP contribution in [0.2, 0.25) is 0 Å².